The highest BCUT2D eigenvalue weighted by molar-refractivity contribution is 5.06. The van der Waals surface area contributed by atoms with Crippen LogP contribution >= 0.6 is 0 Å². The molecule has 0 radical (unpaired) electrons. The number of aryl methyl sites for hydroxylation is 1. The highest BCUT2D eigenvalue weighted by Gasteiger charge is 2.50. The van der Waals surface area contributed by atoms with Crippen molar-refractivity contribution in [3.8, 4) is 0 Å². The van der Waals surface area contributed by atoms with Gasteiger partial charge in [-0.3, -0.25) is 4.68 Å². The van der Waals surface area contributed by atoms with Gasteiger partial charge in [0.15, 0.2) is 0 Å². The molecule has 4 aliphatic carbocycles. The van der Waals surface area contributed by atoms with E-state index in [1.165, 1.54) is 44.9 Å². The first kappa shape index (κ1) is 13.7. The fourth-order valence-corrected chi connectivity index (χ4v) is 5.65. The third-order valence-corrected chi connectivity index (χ3v) is 6.24. The Morgan fingerprint density at radius 1 is 1.19 bits per heavy atom. The molecule has 21 heavy (non-hydrogen) atoms. The molecule has 0 aliphatic heterocycles. The minimum atomic E-state index is -0.390. The molecule has 5 rings (SSSR count). The van der Waals surface area contributed by atoms with Gasteiger partial charge in [0.1, 0.15) is 5.69 Å². The Hall–Kier alpha value is -0.900. The van der Waals surface area contributed by atoms with Crippen LogP contribution < -0.4 is 5.73 Å². The molecule has 0 spiro atoms. The second-order valence-corrected chi connectivity index (χ2v) is 8.76. The maximum absolute atomic E-state index is 6.10. The minimum Gasteiger partial charge on any atom is -0.320 e. The largest absolute Gasteiger partial charge is 0.320 e. The number of nitrogens with two attached hydrogens (primary N) is 1. The molecular formula is C17H28N4. The molecule has 4 saturated carbocycles. The monoisotopic (exact) mass is 288 g/mol. The van der Waals surface area contributed by atoms with E-state index in [0.717, 1.165) is 30.0 Å². The van der Waals surface area contributed by atoms with Gasteiger partial charge < -0.3 is 5.73 Å². The molecule has 0 aromatic carbocycles. The lowest BCUT2D eigenvalue weighted by molar-refractivity contribution is -0.0596. The zero-order chi connectivity index (χ0) is 14.7. The van der Waals surface area contributed by atoms with Crippen molar-refractivity contribution >= 4 is 0 Å². The van der Waals surface area contributed by atoms with Crippen LogP contribution in [0.4, 0.5) is 0 Å². The van der Waals surface area contributed by atoms with Gasteiger partial charge in [0.05, 0.1) is 11.7 Å². The first-order chi connectivity index (χ1) is 9.92. The van der Waals surface area contributed by atoms with Crippen LogP contribution in [0.1, 0.15) is 64.5 Å². The van der Waals surface area contributed by atoms with Crippen LogP contribution in [-0.4, -0.2) is 15.0 Å². The maximum atomic E-state index is 6.10. The summed E-state index contributed by atoms with van der Waals surface area (Å²) in [4.78, 5) is 0. The van der Waals surface area contributed by atoms with E-state index in [2.05, 4.69) is 10.3 Å². The predicted octanol–water partition coefficient (Wildman–Crippen LogP) is 3.08. The van der Waals surface area contributed by atoms with Gasteiger partial charge in [-0.1, -0.05) is 5.21 Å². The third kappa shape index (κ3) is 2.52. The average Bonchev–Trinajstić information content (AvgIpc) is 2.83. The van der Waals surface area contributed by atoms with E-state index in [1.807, 2.05) is 24.7 Å². The molecule has 4 bridgehead atoms. The van der Waals surface area contributed by atoms with Gasteiger partial charge in [-0.15, -0.1) is 5.10 Å². The van der Waals surface area contributed by atoms with Crippen molar-refractivity contribution in [1.29, 1.82) is 0 Å². The van der Waals surface area contributed by atoms with Crippen molar-refractivity contribution in [3.05, 3.63) is 11.9 Å². The number of nitrogens with zero attached hydrogens (tertiary/aromatic N) is 3. The van der Waals surface area contributed by atoms with E-state index in [0.29, 0.717) is 5.41 Å². The number of aromatic nitrogens is 3. The van der Waals surface area contributed by atoms with Crippen LogP contribution in [0.25, 0.3) is 0 Å². The summed E-state index contributed by atoms with van der Waals surface area (Å²) in [6, 6.07) is 0. The fraction of sp³-hybridized carbons (Fsp3) is 0.882. The van der Waals surface area contributed by atoms with Crippen molar-refractivity contribution in [2.45, 2.75) is 70.9 Å². The minimum absolute atomic E-state index is 0.390. The topological polar surface area (TPSA) is 56.7 Å². The number of hydrogen-bond acceptors (Lipinski definition) is 3. The molecule has 0 amide bonds. The summed E-state index contributed by atoms with van der Waals surface area (Å²) in [5.74, 6) is 3.10. The van der Waals surface area contributed by atoms with E-state index >= 15 is 0 Å². The lowest BCUT2D eigenvalue weighted by Crippen LogP contribution is -2.46. The van der Waals surface area contributed by atoms with Crippen molar-refractivity contribution in [3.63, 3.8) is 0 Å². The van der Waals surface area contributed by atoms with Gasteiger partial charge >= 0.3 is 0 Å². The Balaban J connectivity index is 1.44. The van der Waals surface area contributed by atoms with Crippen LogP contribution in [-0.2, 0) is 12.1 Å². The SMILES string of the molecule is CC(C)(N)c1cn(CCC23CC4CC(CC(C4)C2)C3)nn1. The predicted molar refractivity (Wildman–Crippen MR) is 82.5 cm³/mol. The molecule has 0 unspecified atom stereocenters. The van der Waals surface area contributed by atoms with Gasteiger partial charge in [0.2, 0.25) is 0 Å². The molecule has 1 aromatic rings. The quantitative estimate of drug-likeness (QED) is 0.926. The third-order valence-electron chi connectivity index (χ3n) is 6.24. The normalized spacial score (nSPS) is 38.1. The van der Waals surface area contributed by atoms with Crippen LogP contribution in [0, 0.1) is 23.2 Å². The molecule has 4 heteroatoms. The fourth-order valence-electron chi connectivity index (χ4n) is 5.65. The number of hydrogen-bond donors (Lipinski definition) is 1. The second-order valence-electron chi connectivity index (χ2n) is 8.76. The molecule has 1 heterocycles. The first-order valence-corrected chi connectivity index (χ1v) is 8.61. The Kier molecular flexibility index (Phi) is 2.97. The van der Waals surface area contributed by atoms with E-state index in [4.69, 9.17) is 5.73 Å². The summed E-state index contributed by atoms with van der Waals surface area (Å²) in [5, 5.41) is 8.53. The Bertz CT molecular complexity index is 490. The summed E-state index contributed by atoms with van der Waals surface area (Å²) in [7, 11) is 0. The Morgan fingerprint density at radius 2 is 1.76 bits per heavy atom. The van der Waals surface area contributed by atoms with E-state index in [-0.39, 0.29) is 5.54 Å². The molecule has 0 atom stereocenters. The van der Waals surface area contributed by atoms with Gasteiger partial charge in [0.25, 0.3) is 0 Å². The lowest BCUT2D eigenvalue weighted by Gasteiger charge is -2.57. The van der Waals surface area contributed by atoms with Crippen LogP contribution in [0.2, 0.25) is 0 Å². The van der Waals surface area contributed by atoms with E-state index in [1.54, 1.807) is 0 Å². The molecule has 116 valence electrons. The Labute approximate surface area is 127 Å². The average molecular weight is 288 g/mol. The molecular weight excluding hydrogens is 260 g/mol. The van der Waals surface area contributed by atoms with Gasteiger partial charge in [-0.2, -0.15) is 0 Å². The van der Waals surface area contributed by atoms with Crippen LogP contribution in [0.5, 0.6) is 0 Å². The van der Waals surface area contributed by atoms with Crippen molar-refractivity contribution < 1.29 is 0 Å². The van der Waals surface area contributed by atoms with E-state index < -0.39 is 0 Å². The smallest absolute Gasteiger partial charge is 0.102 e. The second kappa shape index (κ2) is 4.55. The first-order valence-electron chi connectivity index (χ1n) is 8.61. The summed E-state index contributed by atoms with van der Waals surface area (Å²) < 4.78 is 2.02. The zero-order valence-corrected chi connectivity index (χ0v) is 13.4. The summed E-state index contributed by atoms with van der Waals surface area (Å²) in [6.45, 7) is 4.98. The van der Waals surface area contributed by atoms with E-state index in [9.17, 15) is 0 Å². The lowest BCUT2D eigenvalue weighted by atomic mass is 9.49. The number of rotatable bonds is 4. The van der Waals surface area contributed by atoms with Gasteiger partial charge in [-0.05, 0) is 82.0 Å². The Morgan fingerprint density at radius 3 is 2.24 bits per heavy atom. The molecule has 1 aromatic heterocycles. The van der Waals surface area contributed by atoms with Crippen molar-refractivity contribution in [2.75, 3.05) is 0 Å². The van der Waals surface area contributed by atoms with Crippen molar-refractivity contribution in [2.24, 2.45) is 28.9 Å². The zero-order valence-electron chi connectivity index (χ0n) is 13.4. The summed E-state index contributed by atoms with van der Waals surface area (Å²) >= 11 is 0. The molecule has 4 nitrogen and oxygen atoms in total. The molecule has 4 fully saturated rings. The highest BCUT2D eigenvalue weighted by Crippen LogP contribution is 2.61. The standard InChI is InChI=1S/C17H28N4/c1-16(2,18)15-11-21(20-19-15)4-3-17-8-12-5-13(9-17)7-14(6-12)10-17/h11-14H,3-10,18H2,1-2H3. The summed E-state index contributed by atoms with van der Waals surface area (Å²) in [6.07, 6.45) is 12.3. The molecule has 0 saturated heterocycles. The molecule has 4 aliphatic rings. The highest BCUT2D eigenvalue weighted by atomic mass is 15.4. The van der Waals surface area contributed by atoms with Gasteiger partial charge in [-0.25, -0.2) is 0 Å². The van der Waals surface area contributed by atoms with Crippen LogP contribution in [0.15, 0.2) is 6.20 Å². The summed E-state index contributed by atoms with van der Waals surface area (Å²) in [5.41, 5.74) is 7.23. The van der Waals surface area contributed by atoms with Crippen molar-refractivity contribution in [1.82, 2.24) is 15.0 Å². The van der Waals surface area contributed by atoms with Crippen LogP contribution in [0.3, 0.4) is 0 Å². The molecule has 2 N–H and O–H groups in total. The maximum Gasteiger partial charge on any atom is 0.102 e. The van der Waals surface area contributed by atoms with Gasteiger partial charge in [0, 0.05) is 6.54 Å².